The van der Waals surface area contributed by atoms with Gasteiger partial charge >= 0.3 is 0 Å². The van der Waals surface area contributed by atoms with Crippen LogP contribution in [-0.4, -0.2) is 37.2 Å². The van der Waals surface area contributed by atoms with Crippen molar-refractivity contribution >= 4 is 17.8 Å². The molecule has 0 bridgehead atoms. The minimum atomic E-state index is -0.292. The summed E-state index contributed by atoms with van der Waals surface area (Å²) in [6.45, 7) is 7.10. The second-order valence-electron chi connectivity index (χ2n) is 6.47. The van der Waals surface area contributed by atoms with E-state index in [2.05, 4.69) is 10.2 Å². The summed E-state index contributed by atoms with van der Waals surface area (Å²) in [5.74, 6) is 0.379. The molecule has 1 saturated heterocycles. The number of halogens is 1. The zero-order chi connectivity index (χ0) is 19.2. The molecule has 2 aromatic rings. The number of rotatable bonds is 5. The van der Waals surface area contributed by atoms with Gasteiger partial charge in [0.15, 0.2) is 0 Å². The van der Waals surface area contributed by atoms with Gasteiger partial charge in [-0.3, -0.25) is 4.79 Å². The molecule has 1 aromatic heterocycles. The number of aromatic nitrogens is 1. The van der Waals surface area contributed by atoms with Crippen LogP contribution in [0.4, 0.5) is 10.2 Å². The Hall–Kier alpha value is -2.73. The maximum absolute atomic E-state index is 13.0. The first-order chi connectivity index (χ1) is 13.1. The Morgan fingerprint density at radius 2 is 2.00 bits per heavy atom. The second-order valence-corrected chi connectivity index (χ2v) is 6.47. The van der Waals surface area contributed by atoms with E-state index < -0.39 is 0 Å². The predicted octanol–water partition coefficient (Wildman–Crippen LogP) is 3.33. The maximum Gasteiger partial charge on any atom is 0.254 e. The summed E-state index contributed by atoms with van der Waals surface area (Å²) in [5, 5.41) is 2.90. The Morgan fingerprint density at radius 1 is 1.30 bits per heavy atom. The largest absolute Gasteiger partial charge is 0.378 e. The average molecular weight is 369 g/mol. The third-order valence-corrected chi connectivity index (χ3v) is 4.48. The molecule has 1 amide bonds. The molecule has 27 heavy (non-hydrogen) atoms. The van der Waals surface area contributed by atoms with Crippen molar-refractivity contribution in [1.82, 2.24) is 10.3 Å². The third kappa shape index (κ3) is 4.71. The van der Waals surface area contributed by atoms with Crippen LogP contribution in [0.5, 0.6) is 0 Å². The number of pyridine rings is 1. The Labute approximate surface area is 158 Å². The van der Waals surface area contributed by atoms with E-state index >= 15 is 0 Å². The Kier molecular flexibility index (Phi) is 6.19. The lowest BCUT2D eigenvalue weighted by Crippen LogP contribution is -2.37. The van der Waals surface area contributed by atoms with E-state index in [0.717, 1.165) is 30.0 Å². The number of nitrogens with one attached hydrogen (secondary N) is 1. The number of hydrogen-bond donors (Lipinski definition) is 1. The van der Waals surface area contributed by atoms with Crippen LogP contribution in [0, 0.1) is 12.7 Å². The van der Waals surface area contributed by atoms with Gasteiger partial charge in [0.05, 0.1) is 24.5 Å². The number of amides is 1. The molecule has 5 nitrogen and oxygen atoms in total. The summed E-state index contributed by atoms with van der Waals surface area (Å²) in [7, 11) is 0. The highest BCUT2D eigenvalue weighted by atomic mass is 19.1. The van der Waals surface area contributed by atoms with Gasteiger partial charge in [0.1, 0.15) is 11.6 Å². The standard InChI is InChI=1S/C21H24FN3O2/c1-3-4-18-20(21(26)23-14-16-5-7-17(22)8-6-16)15(2)13-19(24-18)25-9-11-27-12-10-25/h3-8,13H,9-12,14H2,1-2H3,(H,23,26)/b4-3+. The molecule has 0 atom stereocenters. The smallest absolute Gasteiger partial charge is 0.254 e. The molecule has 0 radical (unpaired) electrons. The van der Waals surface area contributed by atoms with Crippen molar-refractivity contribution in [3.05, 3.63) is 64.6 Å². The Balaban J connectivity index is 1.82. The molecule has 1 aliphatic heterocycles. The number of aryl methyl sites for hydroxylation is 1. The monoisotopic (exact) mass is 369 g/mol. The molecular weight excluding hydrogens is 345 g/mol. The van der Waals surface area contributed by atoms with Gasteiger partial charge in [0.2, 0.25) is 0 Å². The summed E-state index contributed by atoms with van der Waals surface area (Å²) in [4.78, 5) is 19.7. The molecule has 0 saturated carbocycles. The van der Waals surface area contributed by atoms with E-state index in [0.29, 0.717) is 31.0 Å². The fourth-order valence-corrected chi connectivity index (χ4v) is 3.08. The van der Waals surface area contributed by atoms with Crippen molar-refractivity contribution in [3.8, 4) is 0 Å². The highest BCUT2D eigenvalue weighted by Gasteiger charge is 2.19. The van der Waals surface area contributed by atoms with E-state index in [1.165, 1.54) is 12.1 Å². The van der Waals surface area contributed by atoms with Gasteiger partial charge in [0, 0.05) is 19.6 Å². The summed E-state index contributed by atoms with van der Waals surface area (Å²) in [6, 6.07) is 8.04. The number of allylic oxidation sites excluding steroid dienone is 1. The molecule has 0 spiro atoms. The van der Waals surface area contributed by atoms with E-state index in [4.69, 9.17) is 9.72 Å². The van der Waals surface area contributed by atoms with Crippen LogP contribution < -0.4 is 10.2 Å². The summed E-state index contributed by atoms with van der Waals surface area (Å²) < 4.78 is 18.4. The molecule has 2 heterocycles. The lowest BCUT2D eigenvalue weighted by Gasteiger charge is -2.28. The zero-order valence-electron chi connectivity index (χ0n) is 15.7. The molecule has 0 aliphatic carbocycles. The SMILES string of the molecule is C/C=C/c1nc(N2CCOCC2)cc(C)c1C(=O)NCc1ccc(F)cc1. The van der Waals surface area contributed by atoms with Crippen molar-refractivity contribution in [1.29, 1.82) is 0 Å². The van der Waals surface area contributed by atoms with Crippen LogP contribution in [0.25, 0.3) is 6.08 Å². The van der Waals surface area contributed by atoms with Crippen molar-refractivity contribution in [3.63, 3.8) is 0 Å². The molecule has 1 aromatic carbocycles. The molecule has 3 rings (SSSR count). The molecule has 142 valence electrons. The quantitative estimate of drug-likeness (QED) is 0.878. The normalized spacial score (nSPS) is 14.6. The van der Waals surface area contributed by atoms with Crippen molar-refractivity contribution in [2.24, 2.45) is 0 Å². The first-order valence-electron chi connectivity index (χ1n) is 9.08. The van der Waals surface area contributed by atoms with Crippen LogP contribution in [-0.2, 0) is 11.3 Å². The fourth-order valence-electron chi connectivity index (χ4n) is 3.08. The second kappa shape index (κ2) is 8.77. The first-order valence-corrected chi connectivity index (χ1v) is 9.08. The van der Waals surface area contributed by atoms with E-state index in [1.54, 1.807) is 12.1 Å². The van der Waals surface area contributed by atoms with E-state index in [-0.39, 0.29) is 11.7 Å². The van der Waals surface area contributed by atoms with Gasteiger partial charge in [-0.05, 0) is 49.2 Å². The number of ether oxygens (including phenoxy) is 1. The summed E-state index contributed by atoms with van der Waals surface area (Å²) in [5.41, 5.74) is 2.92. The van der Waals surface area contributed by atoms with Crippen LogP contribution in [0.15, 0.2) is 36.4 Å². The topological polar surface area (TPSA) is 54.5 Å². The van der Waals surface area contributed by atoms with Gasteiger partial charge in [-0.15, -0.1) is 0 Å². The summed E-state index contributed by atoms with van der Waals surface area (Å²) in [6.07, 6.45) is 3.73. The number of carbonyl (C=O) groups excluding carboxylic acids is 1. The molecule has 1 aliphatic rings. The minimum Gasteiger partial charge on any atom is -0.378 e. The first kappa shape index (κ1) is 19.0. The van der Waals surface area contributed by atoms with Gasteiger partial charge < -0.3 is 15.0 Å². The number of nitrogens with zero attached hydrogens (tertiary/aromatic N) is 2. The molecular formula is C21H24FN3O2. The van der Waals surface area contributed by atoms with Crippen molar-refractivity contribution < 1.29 is 13.9 Å². The lowest BCUT2D eigenvalue weighted by molar-refractivity contribution is 0.0949. The van der Waals surface area contributed by atoms with Crippen LogP contribution in [0.3, 0.4) is 0 Å². The lowest BCUT2D eigenvalue weighted by atomic mass is 10.1. The van der Waals surface area contributed by atoms with E-state index in [1.807, 2.05) is 32.1 Å². The zero-order valence-corrected chi connectivity index (χ0v) is 15.7. The summed E-state index contributed by atoms with van der Waals surface area (Å²) >= 11 is 0. The highest BCUT2D eigenvalue weighted by molar-refractivity contribution is 5.98. The number of anilines is 1. The Morgan fingerprint density at radius 3 is 2.67 bits per heavy atom. The molecule has 1 fully saturated rings. The number of morpholine rings is 1. The van der Waals surface area contributed by atoms with E-state index in [9.17, 15) is 9.18 Å². The van der Waals surface area contributed by atoms with Gasteiger partial charge in [-0.2, -0.15) is 0 Å². The predicted molar refractivity (Wildman–Crippen MR) is 104 cm³/mol. The molecule has 0 unspecified atom stereocenters. The number of carbonyl (C=O) groups is 1. The van der Waals surface area contributed by atoms with Crippen molar-refractivity contribution in [2.45, 2.75) is 20.4 Å². The van der Waals surface area contributed by atoms with Gasteiger partial charge in [0.25, 0.3) is 5.91 Å². The van der Waals surface area contributed by atoms with Crippen LogP contribution >= 0.6 is 0 Å². The van der Waals surface area contributed by atoms with Crippen LogP contribution in [0.2, 0.25) is 0 Å². The fraction of sp³-hybridized carbons (Fsp3) is 0.333. The van der Waals surface area contributed by atoms with Gasteiger partial charge in [-0.25, -0.2) is 9.37 Å². The molecule has 6 heteroatoms. The molecule has 1 N–H and O–H groups in total. The highest BCUT2D eigenvalue weighted by Crippen LogP contribution is 2.22. The number of benzene rings is 1. The maximum atomic E-state index is 13.0. The van der Waals surface area contributed by atoms with Crippen LogP contribution in [0.1, 0.15) is 34.1 Å². The minimum absolute atomic E-state index is 0.189. The average Bonchev–Trinajstić information content (AvgIpc) is 2.68. The van der Waals surface area contributed by atoms with Crippen molar-refractivity contribution in [2.75, 3.05) is 31.2 Å². The Bertz CT molecular complexity index is 828. The third-order valence-electron chi connectivity index (χ3n) is 4.48. The van der Waals surface area contributed by atoms with Gasteiger partial charge in [-0.1, -0.05) is 18.2 Å². The number of hydrogen-bond acceptors (Lipinski definition) is 4.